The van der Waals surface area contributed by atoms with Gasteiger partial charge >= 0.3 is 0 Å². The van der Waals surface area contributed by atoms with Crippen LogP contribution in [-0.2, 0) is 4.43 Å². The Morgan fingerprint density at radius 1 is 0.929 bits per heavy atom. The Morgan fingerprint density at radius 3 is 1.79 bits per heavy atom. The van der Waals surface area contributed by atoms with E-state index in [2.05, 4.69) is 39.3 Å². The zero-order valence-corrected chi connectivity index (χ0v) is 13.0. The molecule has 0 bridgehead atoms. The van der Waals surface area contributed by atoms with Gasteiger partial charge in [0.05, 0.1) is 20.4 Å². The molecule has 1 saturated heterocycles. The van der Waals surface area contributed by atoms with E-state index in [9.17, 15) is 10.2 Å². The SMILES string of the molecule is C[Si]1(C)OC(O)C(O)[Si](C)(C)[Si]1(C)C. The summed E-state index contributed by atoms with van der Waals surface area (Å²) in [5.74, 6) is 0. The number of hydrogen-bond acceptors (Lipinski definition) is 3. The molecule has 6 heteroatoms. The molecule has 1 fully saturated rings. The molecule has 0 aliphatic carbocycles. The summed E-state index contributed by atoms with van der Waals surface area (Å²) in [5, 5.41) is 19.7. The molecule has 3 nitrogen and oxygen atoms in total. The van der Waals surface area contributed by atoms with Gasteiger partial charge in [-0.25, -0.2) is 0 Å². The topological polar surface area (TPSA) is 49.7 Å². The van der Waals surface area contributed by atoms with E-state index < -0.39 is 34.6 Å². The molecule has 0 aromatic heterocycles. The van der Waals surface area contributed by atoms with Gasteiger partial charge in [-0.2, -0.15) is 0 Å². The van der Waals surface area contributed by atoms with Crippen LogP contribution >= 0.6 is 0 Å². The van der Waals surface area contributed by atoms with Crippen molar-refractivity contribution in [3.05, 3.63) is 0 Å². The third-order valence-electron chi connectivity index (χ3n) is 4.54. The lowest BCUT2D eigenvalue weighted by Gasteiger charge is -2.55. The Hall–Kier alpha value is 0.531. The Balaban J connectivity index is 3.15. The third-order valence-corrected chi connectivity index (χ3v) is 44.5. The van der Waals surface area contributed by atoms with E-state index in [-0.39, 0.29) is 0 Å². The van der Waals surface area contributed by atoms with Crippen LogP contribution in [0.5, 0.6) is 0 Å². The van der Waals surface area contributed by atoms with Crippen LogP contribution in [0.2, 0.25) is 39.3 Å². The van der Waals surface area contributed by atoms with E-state index >= 15 is 0 Å². The Kier molecular flexibility index (Phi) is 2.93. The summed E-state index contributed by atoms with van der Waals surface area (Å²) in [6.45, 7) is 13.4. The largest absolute Gasteiger partial charge is 0.394 e. The van der Waals surface area contributed by atoms with E-state index in [1.807, 2.05) is 0 Å². The van der Waals surface area contributed by atoms with Gasteiger partial charge < -0.3 is 14.6 Å². The molecule has 2 N–H and O–H groups in total. The van der Waals surface area contributed by atoms with Crippen molar-refractivity contribution in [1.29, 1.82) is 0 Å². The Labute approximate surface area is 88.8 Å². The fourth-order valence-corrected chi connectivity index (χ4v) is 30.6. The van der Waals surface area contributed by atoms with Crippen molar-refractivity contribution in [2.45, 2.75) is 51.3 Å². The standard InChI is InChI=1S/C8H22O3Si3/c1-12(2)8(10)7(9)11-13(3,4)14(12,5)6/h7-10H,1-6H3. The van der Waals surface area contributed by atoms with Crippen LogP contribution in [0.15, 0.2) is 0 Å². The van der Waals surface area contributed by atoms with Gasteiger partial charge in [0.2, 0.25) is 0 Å². The zero-order valence-electron chi connectivity index (χ0n) is 9.96. The normalized spacial score (nSPS) is 39.4. The van der Waals surface area contributed by atoms with Crippen LogP contribution < -0.4 is 0 Å². The van der Waals surface area contributed by atoms with Crippen molar-refractivity contribution in [2.75, 3.05) is 0 Å². The van der Waals surface area contributed by atoms with E-state index in [1.165, 1.54) is 0 Å². The highest BCUT2D eigenvalue weighted by Gasteiger charge is 2.62. The maximum atomic E-state index is 10.0. The van der Waals surface area contributed by atoms with E-state index in [1.54, 1.807) is 0 Å². The second-order valence-corrected chi connectivity index (χ2v) is 32.8. The van der Waals surface area contributed by atoms with Crippen molar-refractivity contribution in [3.8, 4) is 0 Å². The molecule has 0 aromatic rings. The average molecular weight is 251 g/mol. The molecular weight excluding hydrogens is 228 g/mol. The summed E-state index contributed by atoms with van der Waals surface area (Å²) in [6.07, 6.45) is -0.932. The van der Waals surface area contributed by atoms with Crippen molar-refractivity contribution < 1.29 is 14.6 Å². The van der Waals surface area contributed by atoms with Gasteiger partial charge in [0.25, 0.3) is 0 Å². The van der Waals surface area contributed by atoms with Gasteiger partial charge in [0.1, 0.15) is 0 Å². The first-order valence-corrected chi connectivity index (χ1v) is 16.1. The molecule has 1 rings (SSSR count). The molecule has 1 aliphatic heterocycles. The number of rotatable bonds is 0. The quantitative estimate of drug-likeness (QED) is 0.631. The van der Waals surface area contributed by atoms with E-state index in [4.69, 9.17) is 4.43 Å². The Morgan fingerprint density at radius 2 is 1.36 bits per heavy atom. The van der Waals surface area contributed by atoms with Crippen LogP contribution in [0.3, 0.4) is 0 Å². The molecule has 0 radical (unpaired) electrons. The molecule has 14 heavy (non-hydrogen) atoms. The molecule has 1 aliphatic rings. The fraction of sp³-hybridized carbons (Fsp3) is 1.00. The third kappa shape index (κ3) is 1.48. The first kappa shape index (κ1) is 12.6. The van der Waals surface area contributed by atoms with E-state index in [0.29, 0.717) is 0 Å². The van der Waals surface area contributed by atoms with E-state index in [0.717, 1.165) is 0 Å². The summed E-state index contributed by atoms with van der Waals surface area (Å²) in [7, 11) is -5.01. The summed E-state index contributed by atoms with van der Waals surface area (Å²) in [6, 6.07) is 0. The first-order chi connectivity index (χ1) is 6.04. The molecule has 84 valence electrons. The minimum atomic E-state index is -1.77. The molecule has 0 amide bonds. The highest BCUT2D eigenvalue weighted by atomic mass is 29.6. The lowest BCUT2D eigenvalue weighted by Crippen LogP contribution is -2.81. The maximum absolute atomic E-state index is 10.0. The Bertz CT molecular complexity index is 240. The molecule has 1 heterocycles. The maximum Gasteiger partial charge on any atom is 0.174 e. The molecule has 0 aromatic carbocycles. The van der Waals surface area contributed by atoms with Crippen LogP contribution in [0.1, 0.15) is 0 Å². The number of aliphatic hydroxyl groups is 2. The summed E-state index contributed by atoms with van der Waals surface area (Å²) in [5.41, 5.74) is -0.607. The summed E-state index contributed by atoms with van der Waals surface area (Å²) >= 11 is 0. The van der Waals surface area contributed by atoms with Crippen LogP contribution in [0.4, 0.5) is 0 Å². The number of hydrogen-bond donors (Lipinski definition) is 2. The van der Waals surface area contributed by atoms with Gasteiger partial charge in [0.15, 0.2) is 14.1 Å². The smallest absolute Gasteiger partial charge is 0.174 e. The second kappa shape index (κ2) is 3.26. The lowest BCUT2D eigenvalue weighted by molar-refractivity contribution is -0.0821. The minimum Gasteiger partial charge on any atom is -0.394 e. The monoisotopic (exact) mass is 250 g/mol. The van der Waals surface area contributed by atoms with Crippen molar-refractivity contribution in [2.24, 2.45) is 0 Å². The fourth-order valence-electron chi connectivity index (χ4n) is 2.02. The predicted molar refractivity (Wildman–Crippen MR) is 65.5 cm³/mol. The van der Waals surface area contributed by atoms with Crippen molar-refractivity contribution in [1.82, 2.24) is 0 Å². The van der Waals surface area contributed by atoms with Gasteiger partial charge in [-0.3, -0.25) is 0 Å². The second-order valence-electron chi connectivity index (χ2n) is 5.81. The van der Waals surface area contributed by atoms with Crippen LogP contribution in [-0.4, -0.2) is 44.8 Å². The van der Waals surface area contributed by atoms with Gasteiger partial charge in [-0.1, -0.05) is 26.2 Å². The van der Waals surface area contributed by atoms with Crippen LogP contribution in [0.25, 0.3) is 0 Å². The van der Waals surface area contributed by atoms with Gasteiger partial charge in [0, 0.05) is 0 Å². The predicted octanol–water partition coefficient (Wildman–Crippen LogP) is 1.01. The van der Waals surface area contributed by atoms with Crippen molar-refractivity contribution in [3.63, 3.8) is 0 Å². The molecule has 0 spiro atoms. The van der Waals surface area contributed by atoms with Crippen LogP contribution in [0, 0.1) is 0 Å². The highest BCUT2D eigenvalue weighted by Crippen LogP contribution is 2.37. The molecular formula is C8H22O3Si3. The molecule has 2 unspecified atom stereocenters. The van der Waals surface area contributed by atoms with Crippen molar-refractivity contribution >= 4 is 22.5 Å². The first-order valence-electron chi connectivity index (χ1n) is 5.08. The summed E-state index contributed by atoms with van der Waals surface area (Å²) in [4.78, 5) is 0. The average Bonchev–Trinajstić information content (AvgIpc) is 1.99. The molecule has 2 atom stereocenters. The zero-order chi connectivity index (χ0) is 11.4. The van der Waals surface area contributed by atoms with Gasteiger partial charge in [-0.05, 0) is 13.1 Å². The summed E-state index contributed by atoms with van der Waals surface area (Å²) < 4.78 is 5.68. The lowest BCUT2D eigenvalue weighted by atomic mass is 10.7. The minimum absolute atomic E-state index is 0.607. The highest BCUT2D eigenvalue weighted by molar-refractivity contribution is 7.67. The number of aliphatic hydroxyl groups excluding tert-OH is 2. The van der Waals surface area contributed by atoms with Gasteiger partial charge in [-0.15, -0.1) is 0 Å². The molecule has 0 saturated carbocycles.